The molecule has 0 amide bonds. The molecule has 0 saturated carbocycles. The first-order chi connectivity index (χ1) is 12.3. The van der Waals surface area contributed by atoms with Gasteiger partial charge in [-0.15, -0.1) is 0 Å². The predicted molar refractivity (Wildman–Crippen MR) is 90.1 cm³/mol. The van der Waals surface area contributed by atoms with Crippen LogP contribution in [0.2, 0.25) is 0 Å². The minimum atomic E-state index is -4.12. The van der Waals surface area contributed by atoms with E-state index in [0.29, 0.717) is 11.8 Å². The largest absolute Gasteiger partial charge is 0.467 e. The number of hydrogen-bond acceptors (Lipinski definition) is 4. The van der Waals surface area contributed by atoms with Crippen LogP contribution in [0.1, 0.15) is 23.2 Å². The number of nitrogens with one attached hydrogen (secondary N) is 1. The van der Waals surface area contributed by atoms with Crippen molar-refractivity contribution in [3.8, 4) is 0 Å². The summed E-state index contributed by atoms with van der Waals surface area (Å²) in [6.45, 7) is 3.56. The van der Waals surface area contributed by atoms with Crippen molar-refractivity contribution in [2.75, 3.05) is 6.54 Å². The van der Waals surface area contributed by atoms with Crippen LogP contribution in [-0.2, 0) is 10.0 Å². The second-order valence-corrected chi connectivity index (χ2v) is 7.63. The quantitative estimate of drug-likeness (QED) is 0.712. The number of hydrogen-bond donors (Lipinski definition) is 1. The van der Waals surface area contributed by atoms with E-state index in [1.807, 2.05) is 19.9 Å². The second kappa shape index (κ2) is 7.00. The minimum absolute atomic E-state index is 0.101. The topological polar surface area (TPSA) is 77.1 Å². The maximum absolute atomic E-state index is 13.3. The van der Waals surface area contributed by atoms with Gasteiger partial charge in [0.1, 0.15) is 23.4 Å². The molecule has 9 heteroatoms. The molecule has 0 aliphatic heterocycles. The number of sulfonamides is 1. The van der Waals surface area contributed by atoms with Gasteiger partial charge >= 0.3 is 0 Å². The molecule has 1 N–H and O–H groups in total. The summed E-state index contributed by atoms with van der Waals surface area (Å²) < 4.78 is 61.0. The third kappa shape index (κ3) is 3.83. The van der Waals surface area contributed by atoms with E-state index in [4.69, 9.17) is 4.42 Å². The molecule has 0 saturated heterocycles. The molecule has 3 rings (SSSR count). The lowest BCUT2D eigenvalue weighted by Gasteiger charge is -2.18. The van der Waals surface area contributed by atoms with Crippen LogP contribution in [0.3, 0.4) is 0 Å². The normalized spacial score (nSPS) is 13.1. The average Bonchev–Trinajstić information content (AvgIpc) is 3.17. The molecule has 138 valence electrons. The third-order valence-electron chi connectivity index (χ3n) is 3.82. The molecule has 0 aliphatic rings. The van der Waals surface area contributed by atoms with E-state index in [9.17, 15) is 17.2 Å². The molecule has 0 bridgehead atoms. The summed E-state index contributed by atoms with van der Waals surface area (Å²) >= 11 is 0. The van der Waals surface area contributed by atoms with Gasteiger partial charge in [-0.25, -0.2) is 21.9 Å². The summed E-state index contributed by atoms with van der Waals surface area (Å²) in [7, 11) is -4.12. The third-order valence-corrected chi connectivity index (χ3v) is 5.23. The van der Waals surface area contributed by atoms with E-state index in [-0.39, 0.29) is 6.54 Å². The fourth-order valence-corrected chi connectivity index (χ4v) is 3.79. The summed E-state index contributed by atoms with van der Waals surface area (Å²) in [5.41, 5.74) is 1.59. The second-order valence-electron chi connectivity index (χ2n) is 5.86. The lowest BCUT2D eigenvalue weighted by atomic mass is 10.2. The minimum Gasteiger partial charge on any atom is -0.467 e. The number of rotatable bonds is 6. The monoisotopic (exact) mass is 381 g/mol. The van der Waals surface area contributed by atoms with Crippen LogP contribution in [0.15, 0.2) is 52.0 Å². The van der Waals surface area contributed by atoms with E-state index in [1.54, 1.807) is 16.8 Å². The molecule has 3 aromatic rings. The van der Waals surface area contributed by atoms with Gasteiger partial charge in [0.05, 0.1) is 16.9 Å². The molecule has 0 aliphatic carbocycles. The molecule has 6 nitrogen and oxygen atoms in total. The van der Waals surface area contributed by atoms with E-state index in [2.05, 4.69) is 9.82 Å². The SMILES string of the molecule is Cc1cc(C)n(C(CNS(=O)(=O)c2cc(F)cc(F)c2)c2ccco2)n1. The van der Waals surface area contributed by atoms with Crippen molar-refractivity contribution in [3.05, 3.63) is 71.4 Å². The number of nitrogens with zero attached hydrogens (tertiary/aromatic N) is 2. The molecule has 0 radical (unpaired) electrons. The van der Waals surface area contributed by atoms with E-state index >= 15 is 0 Å². The van der Waals surface area contributed by atoms with Crippen molar-refractivity contribution in [2.45, 2.75) is 24.8 Å². The van der Waals surface area contributed by atoms with Crippen molar-refractivity contribution >= 4 is 10.0 Å². The molecule has 1 aromatic carbocycles. The van der Waals surface area contributed by atoms with Gasteiger partial charge in [-0.1, -0.05) is 0 Å². The van der Waals surface area contributed by atoms with Crippen LogP contribution in [-0.4, -0.2) is 24.7 Å². The molecule has 1 atom stereocenters. The Balaban J connectivity index is 1.89. The zero-order valence-electron chi connectivity index (χ0n) is 14.1. The highest BCUT2D eigenvalue weighted by atomic mass is 32.2. The Morgan fingerprint density at radius 3 is 2.42 bits per heavy atom. The smallest absolute Gasteiger partial charge is 0.240 e. The Morgan fingerprint density at radius 1 is 1.19 bits per heavy atom. The number of furan rings is 1. The van der Waals surface area contributed by atoms with Crippen LogP contribution in [0.5, 0.6) is 0 Å². The van der Waals surface area contributed by atoms with Crippen LogP contribution >= 0.6 is 0 Å². The first kappa shape index (κ1) is 18.3. The number of halogens is 2. The van der Waals surface area contributed by atoms with Crippen molar-refractivity contribution < 1.29 is 21.6 Å². The van der Waals surface area contributed by atoms with Crippen LogP contribution in [0.4, 0.5) is 8.78 Å². The molecule has 0 fully saturated rings. The predicted octanol–water partition coefficient (Wildman–Crippen LogP) is 2.94. The first-order valence-corrected chi connectivity index (χ1v) is 9.26. The lowest BCUT2D eigenvalue weighted by molar-refractivity contribution is 0.396. The Morgan fingerprint density at radius 2 is 1.88 bits per heavy atom. The Hall–Kier alpha value is -2.52. The van der Waals surface area contributed by atoms with E-state index in [1.165, 1.54) is 6.26 Å². The van der Waals surface area contributed by atoms with Gasteiger partial charge in [0.2, 0.25) is 10.0 Å². The van der Waals surface area contributed by atoms with Crippen LogP contribution in [0.25, 0.3) is 0 Å². The summed E-state index contributed by atoms with van der Waals surface area (Å²) in [4.78, 5) is -0.485. The summed E-state index contributed by atoms with van der Waals surface area (Å²) in [6.07, 6.45) is 1.48. The molecule has 1 unspecified atom stereocenters. The van der Waals surface area contributed by atoms with Gasteiger partial charge in [0, 0.05) is 18.3 Å². The highest BCUT2D eigenvalue weighted by Gasteiger charge is 2.24. The van der Waals surface area contributed by atoms with Crippen LogP contribution in [0, 0.1) is 25.5 Å². The van der Waals surface area contributed by atoms with Gasteiger partial charge in [0.25, 0.3) is 0 Å². The zero-order valence-corrected chi connectivity index (χ0v) is 14.9. The highest BCUT2D eigenvalue weighted by Crippen LogP contribution is 2.21. The summed E-state index contributed by atoms with van der Waals surface area (Å²) in [5, 5.41) is 4.37. The van der Waals surface area contributed by atoms with Crippen molar-refractivity contribution in [1.82, 2.24) is 14.5 Å². The summed E-state index contributed by atoms with van der Waals surface area (Å²) in [5.74, 6) is -1.43. The van der Waals surface area contributed by atoms with Gasteiger partial charge in [0.15, 0.2) is 0 Å². The van der Waals surface area contributed by atoms with E-state index < -0.39 is 32.6 Å². The standard InChI is InChI=1S/C17H17F2N3O3S/c1-11-6-12(2)22(21-11)16(17-4-3-5-25-17)10-20-26(23,24)15-8-13(18)7-14(19)9-15/h3-9,16,20H,10H2,1-2H3. The lowest BCUT2D eigenvalue weighted by Crippen LogP contribution is -2.32. The maximum Gasteiger partial charge on any atom is 0.240 e. The molecule has 0 spiro atoms. The zero-order chi connectivity index (χ0) is 18.9. The van der Waals surface area contributed by atoms with Crippen molar-refractivity contribution in [3.63, 3.8) is 0 Å². The van der Waals surface area contributed by atoms with Gasteiger partial charge < -0.3 is 4.42 Å². The number of aromatic nitrogens is 2. The Bertz CT molecular complexity index is 994. The van der Waals surface area contributed by atoms with Gasteiger partial charge in [-0.2, -0.15) is 5.10 Å². The number of aryl methyl sites for hydroxylation is 2. The highest BCUT2D eigenvalue weighted by molar-refractivity contribution is 7.89. The molecular formula is C17H17F2N3O3S. The fraction of sp³-hybridized carbons (Fsp3) is 0.235. The first-order valence-electron chi connectivity index (χ1n) is 7.78. The van der Waals surface area contributed by atoms with Gasteiger partial charge in [-0.05, 0) is 44.2 Å². The average molecular weight is 381 g/mol. The Labute approximate surface area is 149 Å². The molecule has 2 aromatic heterocycles. The molecule has 26 heavy (non-hydrogen) atoms. The van der Waals surface area contributed by atoms with Crippen molar-refractivity contribution in [1.29, 1.82) is 0 Å². The number of benzene rings is 1. The fourth-order valence-electron chi connectivity index (χ4n) is 2.71. The maximum atomic E-state index is 13.3. The molecular weight excluding hydrogens is 364 g/mol. The summed E-state index contributed by atoms with van der Waals surface area (Å²) in [6, 6.07) is 6.83. The molecule has 2 heterocycles. The van der Waals surface area contributed by atoms with E-state index in [0.717, 1.165) is 23.5 Å². The Kier molecular flexibility index (Phi) is 4.92. The van der Waals surface area contributed by atoms with Crippen LogP contribution < -0.4 is 4.72 Å². The van der Waals surface area contributed by atoms with Crippen molar-refractivity contribution in [2.24, 2.45) is 0 Å². The van der Waals surface area contributed by atoms with Gasteiger partial charge in [-0.3, -0.25) is 4.68 Å².